The van der Waals surface area contributed by atoms with Crippen LogP contribution in [-0.2, 0) is 0 Å². The molecule has 20 heavy (non-hydrogen) atoms. The molecular weight excluding hydrogens is 250 g/mol. The zero-order chi connectivity index (χ0) is 13.8. The van der Waals surface area contributed by atoms with E-state index in [0.29, 0.717) is 5.56 Å². The molecule has 1 aromatic heterocycles. The van der Waals surface area contributed by atoms with E-state index < -0.39 is 0 Å². The molecule has 0 saturated heterocycles. The lowest BCUT2D eigenvalue weighted by atomic mass is 10.1. The minimum atomic E-state index is -0.177. The predicted molar refractivity (Wildman–Crippen MR) is 78.5 cm³/mol. The second-order valence-electron chi connectivity index (χ2n) is 4.41. The highest BCUT2D eigenvalue weighted by Crippen LogP contribution is 2.22. The fourth-order valence-corrected chi connectivity index (χ4v) is 2.00. The number of amides is 1. The van der Waals surface area contributed by atoms with Crippen molar-refractivity contribution >= 4 is 11.6 Å². The van der Waals surface area contributed by atoms with Gasteiger partial charge in [0.25, 0.3) is 5.91 Å². The summed E-state index contributed by atoms with van der Waals surface area (Å²) in [5, 5.41) is 2.86. The maximum absolute atomic E-state index is 12.0. The van der Waals surface area contributed by atoms with Crippen LogP contribution >= 0.6 is 0 Å². The van der Waals surface area contributed by atoms with Gasteiger partial charge in [0.2, 0.25) is 0 Å². The highest BCUT2D eigenvalue weighted by Gasteiger charge is 2.07. The minimum Gasteiger partial charge on any atom is -0.472 e. The first-order valence-electron chi connectivity index (χ1n) is 6.32. The van der Waals surface area contributed by atoms with Gasteiger partial charge in [0.15, 0.2) is 0 Å². The summed E-state index contributed by atoms with van der Waals surface area (Å²) in [5.74, 6) is -0.177. The maximum Gasteiger partial charge on any atom is 0.258 e. The molecule has 0 fully saturated rings. The average molecular weight is 263 g/mol. The fraction of sp³-hybridized carbons (Fsp3) is 0. The summed E-state index contributed by atoms with van der Waals surface area (Å²) in [4.78, 5) is 12.0. The van der Waals surface area contributed by atoms with Crippen molar-refractivity contribution < 1.29 is 9.21 Å². The Labute approximate surface area is 116 Å². The summed E-state index contributed by atoms with van der Waals surface area (Å²) < 4.78 is 4.91. The van der Waals surface area contributed by atoms with Crippen LogP contribution in [0.2, 0.25) is 0 Å². The Bertz CT molecular complexity index is 703. The number of benzene rings is 2. The molecule has 3 nitrogen and oxygen atoms in total. The van der Waals surface area contributed by atoms with Crippen molar-refractivity contribution in [3.63, 3.8) is 0 Å². The Kier molecular flexibility index (Phi) is 3.33. The van der Waals surface area contributed by atoms with Crippen LogP contribution in [0.15, 0.2) is 77.6 Å². The van der Waals surface area contributed by atoms with Gasteiger partial charge in [0.05, 0.1) is 11.8 Å². The van der Waals surface area contributed by atoms with E-state index in [0.717, 1.165) is 16.8 Å². The molecule has 2 aromatic carbocycles. The van der Waals surface area contributed by atoms with E-state index in [1.54, 1.807) is 6.07 Å². The quantitative estimate of drug-likeness (QED) is 0.769. The Morgan fingerprint density at radius 1 is 0.900 bits per heavy atom. The molecule has 0 unspecified atom stereocenters. The van der Waals surface area contributed by atoms with Crippen molar-refractivity contribution in [2.24, 2.45) is 0 Å². The van der Waals surface area contributed by atoms with Gasteiger partial charge in [-0.1, -0.05) is 42.5 Å². The van der Waals surface area contributed by atoms with Crippen molar-refractivity contribution in [2.45, 2.75) is 0 Å². The van der Waals surface area contributed by atoms with Gasteiger partial charge in [-0.05, 0) is 29.3 Å². The van der Waals surface area contributed by atoms with E-state index in [9.17, 15) is 4.79 Å². The maximum atomic E-state index is 12.0. The van der Waals surface area contributed by atoms with Crippen molar-refractivity contribution in [3.8, 4) is 11.1 Å². The van der Waals surface area contributed by atoms with E-state index in [1.807, 2.05) is 54.6 Å². The number of nitrogens with one attached hydrogen (secondary N) is 1. The Morgan fingerprint density at radius 3 is 2.45 bits per heavy atom. The topological polar surface area (TPSA) is 42.2 Å². The third kappa shape index (κ3) is 2.62. The first-order valence-corrected chi connectivity index (χ1v) is 6.32. The van der Waals surface area contributed by atoms with Gasteiger partial charge in [-0.2, -0.15) is 0 Å². The summed E-state index contributed by atoms with van der Waals surface area (Å²) in [6, 6.07) is 19.4. The minimum absolute atomic E-state index is 0.177. The fourth-order valence-electron chi connectivity index (χ4n) is 2.00. The molecule has 3 aromatic rings. The third-order valence-electron chi connectivity index (χ3n) is 3.01. The summed E-state index contributed by atoms with van der Waals surface area (Å²) in [6.07, 6.45) is 2.91. The number of hydrogen-bond donors (Lipinski definition) is 1. The number of furan rings is 1. The lowest BCUT2D eigenvalue weighted by Gasteiger charge is -2.06. The molecule has 0 bridgehead atoms. The lowest BCUT2D eigenvalue weighted by Crippen LogP contribution is -2.10. The van der Waals surface area contributed by atoms with Crippen molar-refractivity contribution in [1.82, 2.24) is 0 Å². The summed E-state index contributed by atoms with van der Waals surface area (Å²) in [7, 11) is 0. The van der Waals surface area contributed by atoms with Crippen LogP contribution in [0.25, 0.3) is 11.1 Å². The summed E-state index contributed by atoms with van der Waals surface area (Å²) >= 11 is 0. The SMILES string of the molecule is O=C(Nc1cccc(-c2ccccc2)c1)c1ccoc1. The number of carbonyl (C=O) groups excluding carboxylic acids is 1. The van der Waals surface area contributed by atoms with Crippen molar-refractivity contribution in [2.75, 3.05) is 5.32 Å². The molecule has 98 valence electrons. The number of hydrogen-bond acceptors (Lipinski definition) is 2. The molecule has 1 heterocycles. The number of carbonyl (C=O) groups is 1. The van der Waals surface area contributed by atoms with Gasteiger partial charge in [-0.25, -0.2) is 0 Å². The number of anilines is 1. The first-order chi connectivity index (χ1) is 9.83. The van der Waals surface area contributed by atoms with Gasteiger partial charge in [-0.15, -0.1) is 0 Å². The largest absolute Gasteiger partial charge is 0.472 e. The van der Waals surface area contributed by atoms with E-state index in [-0.39, 0.29) is 5.91 Å². The highest BCUT2D eigenvalue weighted by atomic mass is 16.3. The van der Waals surface area contributed by atoms with Crippen LogP contribution in [0.1, 0.15) is 10.4 Å². The Morgan fingerprint density at radius 2 is 1.70 bits per heavy atom. The van der Waals surface area contributed by atoms with E-state index in [4.69, 9.17) is 4.42 Å². The predicted octanol–water partition coefficient (Wildman–Crippen LogP) is 4.20. The van der Waals surface area contributed by atoms with Crippen LogP contribution in [0.4, 0.5) is 5.69 Å². The second kappa shape index (κ2) is 5.45. The normalized spacial score (nSPS) is 10.2. The molecule has 1 N–H and O–H groups in total. The molecular formula is C17H13NO2. The second-order valence-corrected chi connectivity index (χ2v) is 4.41. The highest BCUT2D eigenvalue weighted by molar-refractivity contribution is 6.04. The van der Waals surface area contributed by atoms with E-state index in [1.165, 1.54) is 12.5 Å². The van der Waals surface area contributed by atoms with Gasteiger partial charge in [-0.3, -0.25) is 4.79 Å². The molecule has 0 spiro atoms. The van der Waals surface area contributed by atoms with E-state index in [2.05, 4.69) is 5.32 Å². The van der Waals surface area contributed by atoms with Gasteiger partial charge in [0, 0.05) is 5.69 Å². The molecule has 0 aliphatic rings. The van der Waals surface area contributed by atoms with Gasteiger partial charge >= 0.3 is 0 Å². The van der Waals surface area contributed by atoms with Crippen LogP contribution in [0, 0.1) is 0 Å². The van der Waals surface area contributed by atoms with E-state index >= 15 is 0 Å². The lowest BCUT2D eigenvalue weighted by molar-refractivity contribution is 0.102. The molecule has 0 saturated carbocycles. The molecule has 3 heteroatoms. The van der Waals surface area contributed by atoms with Crippen LogP contribution in [0.5, 0.6) is 0 Å². The van der Waals surface area contributed by atoms with Crippen LogP contribution in [-0.4, -0.2) is 5.91 Å². The Balaban J connectivity index is 1.83. The number of rotatable bonds is 3. The molecule has 0 aliphatic carbocycles. The summed E-state index contributed by atoms with van der Waals surface area (Å²) in [6.45, 7) is 0. The van der Waals surface area contributed by atoms with Crippen molar-refractivity contribution in [3.05, 3.63) is 78.8 Å². The first kappa shape index (κ1) is 12.2. The summed E-state index contributed by atoms with van der Waals surface area (Å²) in [5.41, 5.74) is 3.45. The third-order valence-corrected chi connectivity index (χ3v) is 3.01. The smallest absolute Gasteiger partial charge is 0.258 e. The van der Waals surface area contributed by atoms with Crippen LogP contribution < -0.4 is 5.32 Å². The zero-order valence-electron chi connectivity index (χ0n) is 10.7. The molecule has 0 radical (unpaired) electrons. The molecule has 0 atom stereocenters. The molecule has 3 rings (SSSR count). The average Bonchev–Trinajstić information content (AvgIpc) is 3.03. The van der Waals surface area contributed by atoms with Crippen LogP contribution in [0.3, 0.4) is 0 Å². The molecule has 0 aliphatic heterocycles. The van der Waals surface area contributed by atoms with Gasteiger partial charge < -0.3 is 9.73 Å². The zero-order valence-corrected chi connectivity index (χ0v) is 10.7. The Hall–Kier alpha value is -2.81. The van der Waals surface area contributed by atoms with Crippen molar-refractivity contribution in [1.29, 1.82) is 0 Å². The standard InChI is InChI=1S/C17H13NO2/c19-17(15-9-10-20-12-15)18-16-8-4-7-14(11-16)13-5-2-1-3-6-13/h1-12H,(H,18,19). The molecule has 1 amide bonds. The monoisotopic (exact) mass is 263 g/mol. The van der Waals surface area contributed by atoms with Gasteiger partial charge in [0.1, 0.15) is 6.26 Å².